The fourth-order valence-electron chi connectivity index (χ4n) is 4.24. The lowest BCUT2D eigenvalue weighted by Gasteiger charge is -2.36. The highest BCUT2D eigenvalue weighted by molar-refractivity contribution is 5.36. The minimum Gasteiger partial charge on any atom is -0.487 e. The number of rotatable bonds is 6. The van der Waals surface area contributed by atoms with Gasteiger partial charge in [0.25, 0.3) is 0 Å². The second-order valence-electron chi connectivity index (χ2n) is 7.99. The molecule has 5 nitrogen and oxygen atoms in total. The number of fused-ring (bicyclic) bond motifs is 2. The molecular formula is C22H27F2NO4. The number of allylic oxidation sites excluding steroid dienone is 2. The van der Waals surface area contributed by atoms with Crippen LogP contribution in [-0.4, -0.2) is 53.8 Å². The van der Waals surface area contributed by atoms with Crippen molar-refractivity contribution in [2.45, 2.75) is 62.6 Å². The molecule has 0 radical (unpaired) electrons. The summed E-state index contributed by atoms with van der Waals surface area (Å²) < 4.78 is 38.3. The fourth-order valence-corrected chi connectivity index (χ4v) is 4.24. The van der Waals surface area contributed by atoms with E-state index < -0.39 is 12.2 Å². The second kappa shape index (κ2) is 8.92. The molecule has 7 heteroatoms. The molecule has 0 spiro atoms. The number of hydrogen-bond donors (Lipinski definition) is 3. The van der Waals surface area contributed by atoms with Crippen LogP contribution in [0.3, 0.4) is 0 Å². The van der Waals surface area contributed by atoms with Gasteiger partial charge in [0.15, 0.2) is 0 Å². The van der Waals surface area contributed by atoms with Crippen molar-refractivity contribution in [2.24, 2.45) is 0 Å². The molecule has 4 unspecified atom stereocenters. The van der Waals surface area contributed by atoms with Crippen molar-refractivity contribution in [1.82, 2.24) is 5.32 Å². The van der Waals surface area contributed by atoms with Crippen LogP contribution < -0.4 is 10.1 Å². The van der Waals surface area contributed by atoms with Gasteiger partial charge in [0, 0.05) is 13.1 Å². The van der Waals surface area contributed by atoms with E-state index in [4.69, 9.17) is 9.47 Å². The van der Waals surface area contributed by atoms with Gasteiger partial charge in [-0.3, -0.25) is 0 Å². The van der Waals surface area contributed by atoms with E-state index in [0.717, 1.165) is 11.1 Å². The zero-order valence-electron chi connectivity index (χ0n) is 16.2. The van der Waals surface area contributed by atoms with Gasteiger partial charge in [0.05, 0.1) is 18.3 Å². The third kappa shape index (κ3) is 4.86. The summed E-state index contributed by atoms with van der Waals surface area (Å²) >= 11 is 0. The topological polar surface area (TPSA) is 71.0 Å². The van der Waals surface area contributed by atoms with Gasteiger partial charge >= 0.3 is 0 Å². The Morgan fingerprint density at radius 1 is 1.07 bits per heavy atom. The first-order valence-electron chi connectivity index (χ1n) is 10.2. The van der Waals surface area contributed by atoms with E-state index in [9.17, 15) is 19.0 Å². The van der Waals surface area contributed by atoms with Crippen LogP contribution in [0.15, 0.2) is 41.8 Å². The summed E-state index contributed by atoms with van der Waals surface area (Å²) in [6.45, 7) is 0.555. The van der Waals surface area contributed by atoms with E-state index in [1.54, 1.807) is 6.07 Å². The summed E-state index contributed by atoms with van der Waals surface area (Å²) in [4.78, 5) is 0. The summed E-state index contributed by atoms with van der Waals surface area (Å²) in [5.74, 6) is 0.107. The molecule has 0 bridgehead atoms. The number of halogens is 2. The molecule has 29 heavy (non-hydrogen) atoms. The lowest BCUT2D eigenvalue weighted by atomic mass is 9.90. The highest BCUT2D eigenvalue weighted by Gasteiger charge is 2.32. The Hall–Kier alpha value is -1.80. The molecule has 1 saturated heterocycles. The maximum Gasteiger partial charge on any atom is 0.126 e. The smallest absolute Gasteiger partial charge is 0.126 e. The number of aryl methyl sites for hydroxylation is 1. The molecule has 1 fully saturated rings. The van der Waals surface area contributed by atoms with Gasteiger partial charge < -0.3 is 25.0 Å². The predicted octanol–water partition coefficient (Wildman–Crippen LogP) is 2.56. The first-order valence-corrected chi connectivity index (χ1v) is 10.2. The fraction of sp³-hybridized carbons (Fsp3) is 0.545. The van der Waals surface area contributed by atoms with E-state index >= 15 is 0 Å². The Labute approximate surface area is 169 Å². The van der Waals surface area contributed by atoms with Gasteiger partial charge in [-0.1, -0.05) is 0 Å². The van der Waals surface area contributed by atoms with Crippen molar-refractivity contribution in [3.05, 3.63) is 53.1 Å². The molecule has 0 saturated carbocycles. The molecule has 4 rings (SSSR count). The van der Waals surface area contributed by atoms with Crippen LogP contribution in [-0.2, 0) is 11.2 Å². The lowest BCUT2D eigenvalue weighted by molar-refractivity contribution is -0.0831. The number of aliphatic hydroxyl groups is 2. The van der Waals surface area contributed by atoms with E-state index in [1.807, 2.05) is 0 Å². The molecular weight excluding hydrogens is 380 g/mol. The van der Waals surface area contributed by atoms with E-state index in [0.29, 0.717) is 37.9 Å². The van der Waals surface area contributed by atoms with Crippen LogP contribution in [0.1, 0.15) is 31.2 Å². The van der Waals surface area contributed by atoms with Crippen LogP contribution >= 0.6 is 0 Å². The molecule has 0 aromatic heterocycles. The number of aliphatic hydroxyl groups excluding tert-OH is 2. The van der Waals surface area contributed by atoms with Gasteiger partial charge in [-0.25, -0.2) is 8.78 Å². The molecule has 0 amide bonds. The molecule has 2 heterocycles. The molecule has 1 aliphatic carbocycles. The lowest BCUT2D eigenvalue weighted by Crippen LogP contribution is -2.46. The molecule has 5 atom stereocenters. The van der Waals surface area contributed by atoms with E-state index in [2.05, 4.69) is 5.32 Å². The molecule has 3 N–H and O–H groups in total. The standard InChI is InChI=1S/C22H27F2NO4/c23-15-3-7-19-13(9-15)1-5-21(28-19)17(26)11-25-12-18(27)22-6-2-14-10-16(24)4-8-20(14)29-22/h3-4,7,9-10,17-18,20-22,25-27H,1-2,5-6,8,11-12H2/t17?,18-,20?,21?,22?/m0/s1. The molecule has 1 aromatic rings. The summed E-state index contributed by atoms with van der Waals surface area (Å²) in [5.41, 5.74) is 1.77. The largest absolute Gasteiger partial charge is 0.487 e. The zero-order chi connectivity index (χ0) is 20.4. The number of ether oxygens (including phenoxy) is 2. The Kier molecular flexibility index (Phi) is 6.29. The maximum absolute atomic E-state index is 13.3. The number of nitrogens with one attached hydrogen (secondary N) is 1. The first kappa shape index (κ1) is 20.5. The Balaban J connectivity index is 1.21. The molecule has 3 aliphatic rings. The normalized spacial score (nSPS) is 28.3. The van der Waals surface area contributed by atoms with Crippen LogP contribution in [0.4, 0.5) is 8.78 Å². The monoisotopic (exact) mass is 407 g/mol. The average Bonchev–Trinajstić information content (AvgIpc) is 2.72. The number of hydrogen-bond acceptors (Lipinski definition) is 5. The third-order valence-corrected chi connectivity index (χ3v) is 5.88. The van der Waals surface area contributed by atoms with Gasteiger partial charge in [-0.05, 0) is 73.6 Å². The van der Waals surface area contributed by atoms with Gasteiger partial charge in [-0.2, -0.15) is 0 Å². The zero-order valence-corrected chi connectivity index (χ0v) is 16.2. The minimum atomic E-state index is -0.742. The third-order valence-electron chi connectivity index (χ3n) is 5.88. The van der Waals surface area contributed by atoms with Crippen molar-refractivity contribution in [3.63, 3.8) is 0 Å². The SMILES string of the molecule is OC(CNC[C@H](O)C1CCC2=CC(F)=CCC2O1)C1CCc2cc(F)ccc2O1. The van der Waals surface area contributed by atoms with Crippen LogP contribution in [0, 0.1) is 5.82 Å². The summed E-state index contributed by atoms with van der Waals surface area (Å²) in [6, 6.07) is 4.41. The average molecular weight is 407 g/mol. The quantitative estimate of drug-likeness (QED) is 0.676. The highest BCUT2D eigenvalue weighted by Crippen LogP contribution is 2.33. The van der Waals surface area contributed by atoms with E-state index in [1.165, 1.54) is 24.3 Å². The minimum absolute atomic E-state index is 0.158. The summed E-state index contributed by atoms with van der Waals surface area (Å²) in [7, 11) is 0. The van der Waals surface area contributed by atoms with Crippen LogP contribution in [0.25, 0.3) is 0 Å². The molecule has 158 valence electrons. The molecule has 1 aromatic carbocycles. The summed E-state index contributed by atoms with van der Waals surface area (Å²) in [5, 5.41) is 24.0. The first-order chi connectivity index (χ1) is 14.0. The van der Waals surface area contributed by atoms with Gasteiger partial charge in [0.2, 0.25) is 0 Å². The maximum atomic E-state index is 13.3. The summed E-state index contributed by atoms with van der Waals surface area (Å²) in [6.07, 6.45) is 3.84. The van der Waals surface area contributed by atoms with Crippen LogP contribution in [0.2, 0.25) is 0 Å². The highest BCUT2D eigenvalue weighted by atomic mass is 19.1. The Bertz CT molecular complexity index is 797. The van der Waals surface area contributed by atoms with Crippen molar-refractivity contribution < 1.29 is 28.5 Å². The second-order valence-corrected chi connectivity index (χ2v) is 7.99. The number of benzene rings is 1. The van der Waals surface area contributed by atoms with Crippen molar-refractivity contribution in [3.8, 4) is 5.75 Å². The Morgan fingerprint density at radius 3 is 2.66 bits per heavy atom. The van der Waals surface area contributed by atoms with Gasteiger partial charge in [-0.15, -0.1) is 0 Å². The van der Waals surface area contributed by atoms with Crippen LogP contribution in [0.5, 0.6) is 5.75 Å². The van der Waals surface area contributed by atoms with Crippen molar-refractivity contribution in [1.29, 1.82) is 0 Å². The van der Waals surface area contributed by atoms with E-state index in [-0.39, 0.29) is 43.0 Å². The van der Waals surface area contributed by atoms with Gasteiger partial charge in [0.1, 0.15) is 29.6 Å². The van der Waals surface area contributed by atoms with Crippen molar-refractivity contribution >= 4 is 0 Å². The Morgan fingerprint density at radius 2 is 1.83 bits per heavy atom. The molecule has 2 aliphatic heterocycles. The van der Waals surface area contributed by atoms with Crippen molar-refractivity contribution in [2.75, 3.05) is 13.1 Å². The predicted molar refractivity (Wildman–Crippen MR) is 104 cm³/mol.